The van der Waals surface area contributed by atoms with Gasteiger partial charge in [-0.25, -0.2) is 0 Å². The van der Waals surface area contributed by atoms with Crippen LogP contribution in [0.1, 0.15) is 32.1 Å². The smallest absolute Gasteiger partial charge is 0.239 e. The van der Waals surface area contributed by atoms with Crippen molar-refractivity contribution in [3.8, 4) is 0 Å². The van der Waals surface area contributed by atoms with Crippen molar-refractivity contribution in [1.82, 2.24) is 5.32 Å². The van der Waals surface area contributed by atoms with Gasteiger partial charge in [-0.15, -0.1) is 0 Å². The predicted octanol–water partition coefficient (Wildman–Crippen LogP) is 4.83. The van der Waals surface area contributed by atoms with Gasteiger partial charge in [-0.2, -0.15) is 0 Å². The second-order valence-corrected chi connectivity index (χ2v) is 7.62. The lowest BCUT2D eigenvalue weighted by molar-refractivity contribution is -0.120. The molecule has 0 bridgehead atoms. The zero-order valence-electron chi connectivity index (χ0n) is 11.0. The molecule has 6 heteroatoms. The van der Waals surface area contributed by atoms with Crippen molar-refractivity contribution in [3.05, 3.63) is 25.6 Å². The third-order valence-electron chi connectivity index (χ3n) is 3.40. The van der Waals surface area contributed by atoms with E-state index < -0.39 is 0 Å². The Kier molecular flexibility index (Phi) is 6.36. The monoisotopic (exact) mass is 466 g/mol. The Balaban J connectivity index is 1.87. The van der Waals surface area contributed by atoms with Gasteiger partial charge in [-0.3, -0.25) is 4.79 Å². The maximum absolute atomic E-state index is 12.0. The highest BCUT2D eigenvalue weighted by Gasteiger charge is 2.16. The van der Waals surface area contributed by atoms with E-state index in [-0.39, 0.29) is 12.5 Å². The minimum absolute atomic E-state index is 0.0543. The largest absolute Gasteiger partial charge is 0.374 e. The lowest BCUT2D eigenvalue weighted by Crippen LogP contribution is -2.39. The van der Waals surface area contributed by atoms with Gasteiger partial charge >= 0.3 is 0 Å². The van der Waals surface area contributed by atoms with Crippen LogP contribution >= 0.6 is 47.8 Å². The number of nitrogens with one attached hydrogen (secondary N) is 2. The van der Waals surface area contributed by atoms with Crippen molar-refractivity contribution in [1.29, 1.82) is 0 Å². The number of carbonyl (C=O) groups is 1. The van der Waals surface area contributed by atoms with Crippen LogP contribution in [0.25, 0.3) is 0 Å². The highest BCUT2D eigenvalue weighted by molar-refractivity contribution is 9.11. The number of hydrogen-bond donors (Lipinski definition) is 2. The third kappa shape index (κ3) is 4.74. The number of rotatable bonds is 4. The molecule has 1 saturated carbocycles. The summed E-state index contributed by atoms with van der Waals surface area (Å²) in [5.74, 6) is 0.0543. The molecule has 20 heavy (non-hydrogen) atoms. The van der Waals surface area contributed by atoms with Gasteiger partial charge in [0.15, 0.2) is 0 Å². The summed E-state index contributed by atoms with van der Waals surface area (Å²) in [7, 11) is 0. The second-order valence-electron chi connectivity index (χ2n) is 5.00. The van der Waals surface area contributed by atoms with Gasteiger partial charge in [0.25, 0.3) is 0 Å². The minimum atomic E-state index is 0.0543. The van der Waals surface area contributed by atoms with Crippen LogP contribution in [0.4, 0.5) is 5.69 Å². The first-order valence-corrected chi connectivity index (χ1v) is 9.12. The first-order chi connectivity index (χ1) is 9.56. The van der Waals surface area contributed by atoms with Crippen molar-refractivity contribution >= 4 is 59.4 Å². The highest BCUT2D eigenvalue weighted by atomic mass is 79.9. The Labute approximate surface area is 144 Å². The summed E-state index contributed by atoms with van der Waals surface area (Å²) in [6, 6.07) is 4.26. The number of anilines is 1. The second kappa shape index (κ2) is 7.80. The molecule has 0 atom stereocenters. The molecule has 1 aliphatic rings. The molecule has 1 aliphatic carbocycles. The Morgan fingerprint density at radius 1 is 1.10 bits per heavy atom. The summed E-state index contributed by atoms with van der Waals surface area (Å²) in [6.45, 7) is 0.287. The Morgan fingerprint density at radius 2 is 1.70 bits per heavy atom. The van der Waals surface area contributed by atoms with E-state index in [1.165, 1.54) is 19.3 Å². The molecule has 0 saturated heterocycles. The molecule has 0 aromatic heterocycles. The Morgan fingerprint density at radius 3 is 2.30 bits per heavy atom. The zero-order chi connectivity index (χ0) is 14.5. The van der Waals surface area contributed by atoms with Crippen molar-refractivity contribution in [2.45, 2.75) is 38.1 Å². The summed E-state index contributed by atoms with van der Waals surface area (Å²) in [5.41, 5.74) is 0.895. The van der Waals surface area contributed by atoms with Gasteiger partial charge in [-0.05, 0) is 56.8 Å². The van der Waals surface area contributed by atoms with Gasteiger partial charge in [0.05, 0.1) is 12.2 Å². The van der Waals surface area contributed by atoms with Gasteiger partial charge in [0, 0.05) is 19.5 Å². The molecule has 110 valence electrons. The van der Waals surface area contributed by atoms with E-state index in [1.807, 2.05) is 12.1 Å². The number of amides is 1. The van der Waals surface area contributed by atoms with Crippen LogP contribution in [0.5, 0.6) is 0 Å². The molecule has 0 spiro atoms. The van der Waals surface area contributed by atoms with Gasteiger partial charge in [-0.1, -0.05) is 35.2 Å². The van der Waals surface area contributed by atoms with Crippen molar-refractivity contribution in [2.24, 2.45) is 0 Å². The number of hydrogen-bond acceptors (Lipinski definition) is 2. The molecule has 0 radical (unpaired) electrons. The fourth-order valence-electron chi connectivity index (χ4n) is 2.41. The average Bonchev–Trinajstić information content (AvgIpc) is 2.38. The minimum Gasteiger partial charge on any atom is -0.374 e. The van der Waals surface area contributed by atoms with E-state index in [4.69, 9.17) is 0 Å². The molecular formula is C14H17Br3N2O. The molecular weight excluding hydrogens is 452 g/mol. The van der Waals surface area contributed by atoms with Gasteiger partial charge in [0.2, 0.25) is 5.91 Å². The molecule has 1 fully saturated rings. The summed E-state index contributed by atoms with van der Waals surface area (Å²) in [5, 5.41) is 6.27. The molecule has 2 N–H and O–H groups in total. The molecule has 0 aliphatic heterocycles. The van der Waals surface area contributed by atoms with E-state index in [9.17, 15) is 4.79 Å². The summed E-state index contributed by atoms with van der Waals surface area (Å²) >= 11 is 10.4. The van der Waals surface area contributed by atoms with Crippen LogP contribution in [0, 0.1) is 0 Å². The molecule has 1 aromatic rings. The van der Waals surface area contributed by atoms with Crippen LogP contribution in [0.3, 0.4) is 0 Å². The molecule has 1 aromatic carbocycles. The van der Waals surface area contributed by atoms with E-state index in [1.54, 1.807) is 0 Å². The zero-order valence-corrected chi connectivity index (χ0v) is 15.8. The quantitative estimate of drug-likeness (QED) is 0.664. The van der Waals surface area contributed by atoms with Crippen molar-refractivity contribution < 1.29 is 4.79 Å². The first-order valence-electron chi connectivity index (χ1n) is 6.74. The summed E-state index contributed by atoms with van der Waals surface area (Å²) in [6.07, 6.45) is 5.96. The molecule has 0 unspecified atom stereocenters. The van der Waals surface area contributed by atoms with Crippen LogP contribution in [0.15, 0.2) is 25.6 Å². The topological polar surface area (TPSA) is 41.1 Å². The predicted molar refractivity (Wildman–Crippen MR) is 93.0 cm³/mol. The van der Waals surface area contributed by atoms with Gasteiger partial charge in [0.1, 0.15) is 0 Å². The Bertz CT molecular complexity index is 464. The highest BCUT2D eigenvalue weighted by Crippen LogP contribution is 2.34. The number of halogens is 3. The number of carbonyl (C=O) groups excluding carboxylic acids is 1. The maximum Gasteiger partial charge on any atom is 0.239 e. The van der Waals surface area contributed by atoms with Crippen LogP contribution in [-0.4, -0.2) is 18.5 Å². The SMILES string of the molecule is O=C(CNc1c(Br)cc(Br)cc1Br)NC1CCCCC1. The van der Waals surface area contributed by atoms with E-state index in [2.05, 4.69) is 58.4 Å². The standard InChI is InChI=1S/C14H17Br3N2O/c15-9-6-11(16)14(12(17)7-9)18-8-13(20)19-10-4-2-1-3-5-10/h6-7,10,18H,1-5,8H2,(H,19,20). The molecule has 3 nitrogen and oxygen atoms in total. The van der Waals surface area contributed by atoms with E-state index in [0.717, 1.165) is 31.9 Å². The van der Waals surface area contributed by atoms with E-state index >= 15 is 0 Å². The maximum atomic E-state index is 12.0. The van der Waals surface area contributed by atoms with Gasteiger partial charge < -0.3 is 10.6 Å². The fraction of sp³-hybridized carbons (Fsp3) is 0.500. The van der Waals surface area contributed by atoms with Crippen molar-refractivity contribution in [3.63, 3.8) is 0 Å². The average molecular weight is 469 g/mol. The Hall–Kier alpha value is -0.0700. The fourth-order valence-corrected chi connectivity index (χ4v) is 4.94. The molecule has 0 heterocycles. The van der Waals surface area contributed by atoms with E-state index in [0.29, 0.717) is 6.04 Å². The lowest BCUT2D eigenvalue weighted by atomic mass is 9.95. The normalized spacial score (nSPS) is 15.9. The van der Waals surface area contributed by atoms with Crippen molar-refractivity contribution in [2.75, 3.05) is 11.9 Å². The first kappa shape index (κ1) is 16.3. The van der Waals surface area contributed by atoms with Crippen LogP contribution < -0.4 is 10.6 Å². The molecule has 1 amide bonds. The summed E-state index contributed by atoms with van der Waals surface area (Å²) in [4.78, 5) is 12.0. The van der Waals surface area contributed by atoms with Crippen LogP contribution in [0.2, 0.25) is 0 Å². The molecule has 2 rings (SSSR count). The third-order valence-corrected chi connectivity index (χ3v) is 5.11. The number of benzene rings is 1. The summed E-state index contributed by atoms with van der Waals surface area (Å²) < 4.78 is 2.82. The van der Waals surface area contributed by atoms with Crippen LogP contribution in [-0.2, 0) is 4.79 Å². The lowest BCUT2D eigenvalue weighted by Gasteiger charge is -2.23.